The number of barbiturate groups is 1. The van der Waals surface area contributed by atoms with Crippen LogP contribution in [0.3, 0.4) is 0 Å². The maximum Gasteiger partial charge on any atom is 0.335 e. The molecule has 0 bridgehead atoms. The van der Waals surface area contributed by atoms with E-state index in [1.54, 1.807) is 25.1 Å². The lowest BCUT2D eigenvalue weighted by molar-refractivity contribution is -0.122. The third-order valence-corrected chi connectivity index (χ3v) is 5.67. The van der Waals surface area contributed by atoms with Crippen LogP contribution in [0.4, 0.5) is 10.5 Å². The molecule has 7 heteroatoms. The molecule has 162 valence electrons. The van der Waals surface area contributed by atoms with Gasteiger partial charge in [0.25, 0.3) is 11.8 Å². The number of aromatic nitrogens is 2. The van der Waals surface area contributed by atoms with Crippen molar-refractivity contribution in [3.8, 4) is 5.69 Å². The zero-order chi connectivity index (χ0) is 23.2. The fourth-order valence-corrected chi connectivity index (χ4v) is 3.98. The second kappa shape index (κ2) is 7.92. The molecule has 2 heterocycles. The molecular formula is C25H24N4O3. The summed E-state index contributed by atoms with van der Waals surface area (Å²) in [5.41, 5.74) is 6.36. The first-order chi connectivity index (χ1) is 15.2. The first-order valence-corrected chi connectivity index (χ1v) is 10.3. The molecule has 1 N–H and O–H groups in total. The van der Waals surface area contributed by atoms with Crippen molar-refractivity contribution in [2.45, 2.75) is 34.6 Å². The van der Waals surface area contributed by atoms with Crippen LogP contribution in [0.15, 0.2) is 48.0 Å². The van der Waals surface area contributed by atoms with E-state index in [-0.39, 0.29) is 5.57 Å². The van der Waals surface area contributed by atoms with E-state index in [1.807, 2.05) is 50.6 Å². The van der Waals surface area contributed by atoms with E-state index in [9.17, 15) is 14.4 Å². The van der Waals surface area contributed by atoms with Crippen molar-refractivity contribution in [3.05, 3.63) is 81.7 Å². The van der Waals surface area contributed by atoms with Gasteiger partial charge >= 0.3 is 6.03 Å². The number of urea groups is 1. The largest absolute Gasteiger partial charge is 0.335 e. The van der Waals surface area contributed by atoms with E-state index >= 15 is 0 Å². The van der Waals surface area contributed by atoms with Crippen LogP contribution >= 0.6 is 0 Å². The fourth-order valence-electron chi connectivity index (χ4n) is 3.98. The SMILES string of the molecule is Cc1ccc(-n2nc(C)c(/C=C3\C(=O)NC(=O)N(c4ccccc4C)C3=O)c2C)c(C)c1. The van der Waals surface area contributed by atoms with Gasteiger partial charge in [0, 0.05) is 11.3 Å². The highest BCUT2D eigenvalue weighted by molar-refractivity contribution is 6.39. The van der Waals surface area contributed by atoms with Gasteiger partial charge in [-0.1, -0.05) is 35.9 Å². The molecule has 0 atom stereocenters. The smallest absolute Gasteiger partial charge is 0.273 e. The first-order valence-electron chi connectivity index (χ1n) is 10.3. The van der Waals surface area contributed by atoms with Crippen LogP contribution in [0.2, 0.25) is 0 Å². The average molecular weight is 428 g/mol. The molecule has 1 saturated heterocycles. The van der Waals surface area contributed by atoms with Crippen LogP contribution < -0.4 is 10.2 Å². The zero-order valence-corrected chi connectivity index (χ0v) is 18.7. The number of aryl methyl sites for hydroxylation is 4. The van der Waals surface area contributed by atoms with Gasteiger partial charge in [-0.3, -0.25) is 14.9 Å². The van der Waals surface area contributed by atoms with Gasteiger partial charge < -0.3 is 0 Å². The van der Waals surface area contributed by atoms with Gasteiger partial charge in [-0.2, -0.15) is 5.10 Å². The molecule has 1 fully saturated rings. The molecular weight excluding hydrogens is 404 g/mol. The molecule has 7 nitrogen and oxygen atoms in total. The quantitative estimate of drug-likeness (QED) is 0.503. The Kier molecular flexibility index (Phi) is 5.26. The molecule has 3 aromatic rings. The van der Waals surface area contributed by atoms with E-state index in [0.29, 0.717) is 16.9 Å². The van der Waals surface area contributed by atoms with Gasteiger partial charge in [-0.15, -0.1) is 0 Å². The van der Waals surface area contributed by atoms with Crippen molar-refractivity contribution in [1.82, 2.24) is 15.1 Å². The Bertz CT molecular complexity index is 1320. The topological polar surface area (TPSA) is 84.3 Å². The number of amides is 4. The minimum absolute atomic E-state index is 0.112. The number of rotatable bonds is 3. The standard InChI is InChI=1S/C25H24N4O3/c1-14-10-11-22(16(3)12-14)29-18(5)19(17(4)27-29)13-20-23(30)26-25(32)28(24(20)31)21-9-7-6-8-15(21)2/h6-13H,1-5H3,(H,26,30,32)/b20-13+. The summed E-state index contributed by atoms with van der Waals surface area (Å²) in [6.45, 7) is 9.57. The average Bonchev–Trinajstić information content (AvgIpc) is 3.00. The molecule has 0 spiro atoms. The van der Waals surface area contributed by atoms with Crippen molar-refractivity contribution in [3.63, 3.8) is 0 Å². The van der Waals surface area contributed by atoms with Gasteiger partial charge in [0.1, 0.15) is 5.57 Å². The summed E-state index contributed by atoms with van der Waals surface area (Å²) >= 11 is 0. The van der Waals surface area contributed by atoms with E-state index < -0.39 is 17.8 Å². The highest BCUT2D eigenvalue weighted by atomic mass is 16.2. The molecule has 4 amide bonds. The van der Waals surface area contributed by atoms with E-state index in [1.165, 1.54) is 6.08 Å². The number of benzene rings is 2. The third kappa shape index (κ3) is 3.51. The van der Waals surface area contributed by atoms with Crippen LogP contribution in [0.1, 0.15) is 33.6 Å². The van der Waals surface area contributed by atoms with Crippen molar-refractivity contribution < 1.29 is 14.4 Å². The van der Waals surface area contributed by atoms with Crippen molar-refractivity contribution in [1.29, 1.82) is 0 Å². The summed E-state index contributed by atoms with van der Waals surface area (Å²) in [4.78, 5) is 39.3. The number of hydrogen-bond acceptors (Lipinski definition) is 4. The summed E-state index contributed by atoms with van der Waals surface area (Å²) in [6, 6.07) is 12.4. The molecule has 1 aliphatic rings. The Morgan fingerprint density at radius 1 is 0.875 bits per heavy atom. The first kappa shape index (κ1) is 21.2. The number of anilines is 1. The van der Waals surface area contributed by atoms with Gasteiger partial charge in [-0.25, -0.2) is 14.4 Å². The van der Waals surface area contributed by atoms with Crippen LogP contribution in [0, 0.1) is 34.6 Å². The van der Waals surface area contributed by atoms with Gasteiger partial charge in [0.2, 0.25) is 0 Å². The molecule has 0 unspecified atom stereocenters. The predicted octanol–water partition coefficient (Wildman–Crippen LogP) is 4.08. The number of carbonyl (C=O) groups excluding carboxylic acids is 3. The van der Waals surface area contributed by atoms with Crippen molar-refractivity contribution >= 4 is 29.6 Å². The molecule has 0 aliphatic carbocycles. The van der Waals surface area contributed by atoms with Crippen molar-refractivity contribution in [2.24, 2.45) is 0 Å². The molecule has 4 rings (SSSR count). The summed E-state index contributed by atoms with van der Waals surface area (Å²) in [7, 11) is 0. The van der Waals surface area contributed by atoms with E-state index in [0.717, 1.165) is 33.0 Å². The number of para-hydroxylation sites is 1. The van der Waals surface area contributed by atoms with Crippen LogP contribution in [-0.2, 0) is 9.59 Å². The lowest BCUT2D eigenvalue weighted by atomic mass is 10.0. The Morgan fingerprint density at radius 2 is 1.59 bits per heavy atom. The molecule has 0 radical (unpaired) electrons. The minimum Gasteiger partial charge on any atom is -0.273 e. The van der Waals surface area contributed by atoms with Gasteiger partial charge in [-0.05, 0) is 64.0 Å². The lowest BCUT2D eigenvalue weighted by Crippen LogP contribution is -2.54. The molecule has 2 aromatic carbocycles. The van der Waals surface area contributed by atoms with Crippen LogP contribution in [0.25, 0.3) is 11.8 Å². The summed E-state index contributed by atoms with van der Waals surface area (Å²) < 4.78 is 1.81. The number of imide groups is 2. The monoisotopic (exact) mass is 428 g/mol. The van der Waals surface area contributed by atoms with Crippen LogP contribution in [-0.4, -0.2) is 27.6 Å². The maximum absolute atomic E-state index is 13.2. The van der Waals surface area contributed by atoms with E-state index in [2.05, 4.69) is 16.5 Å². The molecule has 0 saturated carbocycles. The maximum atomic E-state index is 13.2. The fraction of sp³-hybridized carbons (Fsp3) is 0.200. The van der Waals surface area contributed by atoms with Crippen molar-refractivity contribution in [2.75, 3.05) is 4.90 Å². The number of nitrogens with one attached hydrogen (secondary N) is 1. The Hall–Kier alpha value is -4.00. The number of nitrogens with zero attached hydrogens (tertiary/aromatic N) is 3. The Morgan fingerprint density at radius 3 is 2.28 bits per heavy atom. The molecule has 1 aromatic heterocycles. The highest BCUT2D eigenvalue weighted by Gasteiger charge is 2.37. The second-order valence-corrected chi connectivity index (χ2v) is 8.03. The van der Waals surface area contributed by atoms with Gasteiger partial charge in [0.05, 0.1) is 17.1 Å². The molecule has 32 heavy (non-hydrogen) atoms. The van der Waals surface area contributed by atoms with Gasteiger partial charge in [0.15, 0.2) is 0 Å². The normalized spacial score (nSPS) is 15.5. The second-order valence-electron chi connectivity index (χ2n) is 8.03. The zero-order valence-electron chi connectivity index (χ0n) is 18.7. The van der Waals surface area contributed by atoms with E-state index in [4.69, 9.17) is 0 Å². The third-order valence-electron chi connectivity index (χ3n) is 5.67. The minimum atomic E-state index is -0.758. The molecule has 1 aliphatic heterocycles. The highest BCUT2D eigenvalue weighted by Crippen LogP contribution is 2.27. The Labute approximate surface area is 186 Å². The Balaban J connectivity index is 1.80. The summed E-state index contributed by atoms with van der Waals surface area (Å²) in [5, 5.41) is 6.92. The predicted molar refractivity (Wildman–Crippen MR) is 123 cm³/mol. The number of hydrogen-bond donors (Lipinski definition) is 1. The van der Waals surface area contributed by atoms with Crippen LogP contribution in [0.5, 0.6) is 0 Å². The number of carbonyl (C=O) groups is 3. The summed E-state index contributed by atoms with van der Waals surface area (Å²) in [5.74, 6) is -1.38. The summed E-state index contributed by atoms with van der Waals surface area (Å²) in [6.07, 6.45) is 1.52. The lowest BCUT2D eigenvalue weighted by Gasteiger charge is -2.27.